The second-order valence-corrected chi connectivity index (χ2v) is 4.73. The molecule has 1 saturated heterocycles. The summed E-state index contributed by atoms with van der Waals surface area (Å²) in [5, 5.41) is 14.5. The van der Waals surface area contributed by atoms with Gasteiger partial charge in [-0.05, 0) is 13.8 Å². The summed E-state index contributed by atoms with van der Waals surface area (Å²) in [7, 11) is 0. The standard InChI is InChI=1S/C9H16N2O3S/c1-5(9(13)14)6(2)11-8(12)7-3-15-4-10-7/h5-7,10H,3-4H2,1-2H3,(H,11,12)(H,13,14). The number of carbonyl (C=O) groups excluding carboxylic acids is 1. The predicted molar refractivity (Wildman–Crippen MR) is 58.7 cm³/mol. The number of rotatable bonds is 4. The molecule has 6 heteroatoms. The third-order valence-electron chi connectivity index (χ3n) is 2.54. The van der Waals surface area contributed by atoms with Gasteiger partial charge in [0.15, 0.2) is 0 Å². The van der Waals surface area contributed by atoms with E-state index in [9.17, 15) is 9.59 Å². The van der Waals surface area contributed by atoms with Gasteiger partial charge in [-0.15, -0.1) is 11.8 Å². The fourth-order valence-corrected chi connectivity index (χ4v) is 2.17. The maximum Gasteiger partial charge on any atom is 0.308 e. The van der Waals surface area contributed by atoms with Crippen LogP contribution in [0.5, 0.6) is 0 Å². The Morgan fingerprint density at radius 1 is 1.53 bits per heavy atom. The minimum absolute atomic E-state index is 0.111. The van der Waals surface area contributed by atoms with Crippen LogP contribution in [0.15, 0.2) is 0 Å². The highest BCUT2D eigenvalue weighted by Crippen LogP contribution is 2.10. The molecule has 15 heavy (non-hydrogen) atoms. The van der Waals surface area contributed by atoms with Gasteiger partial charge in [0.1, 0.15) is 0 Å². The van der Waals surface area contributed by atoms with E-state index >= 15 is 0 Å². The SMILES string of the molecule is CC(NC(=O)C1CSCN1)C(C)C(=O)O. The van der Waals surface area contributed by atoms with Crippen molar-refractivity contribution < 1.29 is 14.7 Å². The highest BCUT2D eigenvalue weighted by atomic mass is 32.2. The molecule has 0 bridgehead atoms. The van der Waals surface area contributed by atoms with Gasteiger partial charge >= 0.3 is 5.97 Å². The van der Waals surface area contributed by atoms with Gasteiger partial charge in [0.05, 0.1) is 12.0 Å². The van der Waals surface area contributed by atoms with Gasteiger partial charge in [-0.2, -0.15) is 0 Å². The van der Waals surface area contributed by atoms with Crippen LogP contribution in [0.3, 0.4) is 0 Å². The molecule has 3 unspecified atom stereocenters. The Hall–Kier alpha value is -0.750. The second kappa shape index (κ2) is 5.37. The molecular formula is C9H16N2O3S. The molecule has 1 aliphatic heterocycles. The maximum absolute atomic E-state index is 11.6. The van der Waals surface area contributed by atoms with E-state index in [0.29, 0.717) is 0 Å². The minimum Gasteiger partial charge on any atom is -0.481 e. The third-order valence-corrected chi connectivity index (χ3v) is 3.48. The van der Waals surface area contributed by atoms with Gasteiger partial charge in [0.25, 0.3) is 0 Å². The van der Waals surface area contributed by atoms with E-state index in [2.05, 4.69) is 10.6 Å². The lowest BCUT2D eigenvalue weighted by Gasteiger charge is -2.19. The number of thioether (sulfide) groups is 1. The van der Waals surface area contributed by atoms with Crippen molar-refractivity contribution in [2.45, 2.75) is 25.9 Å². The zero-order valence-corrected chi connectivity index (χ0v) is 9.63. The average Bonchev–Trinajstić information content (AvgIpc) is 2.68. The molecule has 3 atom stereocenters. The molecule has 5 nitrogen and oxygen atoms in total. The topological polar surface area (TPSA) is 78.4 Å². The highest BCUT2D eigenvalue weighted by Gasteiger charge is 2.26. The lowest BCUT2D eigenvalue weighted by atomic mass is 10.0. The van der Waals surface area contributed by atoms with E-state index in [0.717, 1.165) is 11.6 Å². The summed E-state index contributed by atoms with van der Waals surface area (Å²) < 4.78 is 0. The van der Waals surface area contributed by atoms with Crippen molar-refractivity contribution >= 4 is 23.6 Å². The fourth-order valence-electron chi connectivity index (χ4n) is 1.23. The summed E-state index contributed by atoms with van der Waals surface area (Å²) in [4.78, 5) is 22.3. The van der Waals surface area contributed by atoms with Crippen molar-refractivity contribution in [3.8, 4) is 0 Å². The molecule has 0 aromatic heterocycles. The molecule has 3 N–H and O–H groups in total. The van der Waals surface area contributed by atoms with Crippen LogP contribution in [0.2, 0.25) is 0 Å². The fraction of sp³-hybridized carbons (Fsp3) is 0.778. The van der Waals surface area contributed by atoms with Crippen LogP contribution in [0.25, 0.3) is 0 Å². The first-order valence-electron chi connectivity index (χ1n) is 4.86. The zero-order chi connectivity index (χ0) is 11.4. The Kier molecular flexibility index (Phi) is 4.41. The first-order valence-corrected chi connectivity index (χ1v) is 6.02. The van der Waals surface area contributed by atoms with Crippen LogP contribution in [0.1, 0.15) is 13.8 Å². The van der Waals surface area contributed by atoms with Crippen LogP contribution in [0.4, 0.5) is 0 Å². The highest BCUT2D eigenvalue weighted by molar-refractivity contribution is 7.99. The molecule has 0 aromatic rings. The van der Waals surface area contributed by atoms with Crippen molar-refractivity contribution in [2.24, 2.45) is 5.92 Å². The van der Waals surface area contributed by atoms with E-state index in [1.54, 1.807) is 25.6 Å². The van der Waals surface area contributed by atoms with Gasteiger partial charge in [-0.25, -0.2) is 0 Å². The van der Waals surface area contributed by atoms with E-state index in [-0.39, 0.29) is 18.0 Å². The van der Waals surface area contributed by atoms with Crippen LogP contribution < -0.4 is 10.6 Å². The summed E-state index contributed by atoms with van der Waals surface area (Å²) in [6.45, 7) is 3.29. The Labute approximate surface area is 93.0 Å². The second-order valence-electron chi connectivity index (χ2n) is 3.70. The van der Waals surface area contributed by atoms with Crippen molar-refractivity contribution in [1.82, 2.24) is 10.6 Å². The molecule has 1 amide bonds. The molecular weight excluding hydrogens is 216 g/mol. The molecule has 1 heterocycles. The van der Waals surface area contributed by atoms with E-state index in [1.165, 1.54) is 0 Å². The Morgan fingerprint density at radius 3 is 2.67 bits per heavy atom. The average molecular weight is 232 g/mol. The molecule has 86 valence electrons. The summed E-state index contributed by atoms with van der Waals surface area (Å²) in [6, 6.07) is -0.527. The van der Waals surface area contributed by atoms with E-state index < -0.39 is 11.9 Å². The predicted octanol–water partition coefficient (Wildman–Crippen LogP) is -0.126. The zero-order valence-electron chi connectivity index (χ0n) is 8.82. The number of aliphatic carboxylic acids is 1. The summed E-state index contributed by atoms with van der Waals surface area (Å²) in [5.41, 5.74) is 0. The molecule has 0 radical (unpaired) electrons. The van der Waals surface area contributed by atoms with Crippen molar-refractivity contribution in [1.29, 1.82) is 0 Å². The van der Waals surface area contributed by atoms with Gasteiger partial charge < -0.3 is 10.4 Å². The van der Waals surface area contributed by atoms with Gasteiger partial charge in [0.2, 0.25) is 5.91 Å². The number of nitrogens with one attached hydrogen (secondary N) is 2. The van der Waals surface area contributed by atoms with Gasteiger partial charge in [0, 0.05) is 17.7 Å². The van der Waals surface area contributed by atoms with Crippen molar-refractivity contribution in [3.05, 3.63) is 0 Å². The molecule has 0 saturated carbocycles. The molecule has 1 fully saturated rings. The molecule has 1 rings (SSSR count). The quantitative estimate of drug-likeness (QED) is 0.629. The maximum atomic E-state index is 11.6. The van der Waals surface area contributed by atoms with Crippen molar-refractivity contribution in [3.63, 3.8) is 0 Å². The summed E-state index contributed by atoms with van der Waals surface area (Å²) in [6.07, 6.45) is 0. The number of carboxylic acids is 1. The van der Waals surface area contributed by atoms with E-state index in [1.807, 2.05) is 0 Å². The smallest absolute Gasteiger partial charge is 0.308 e. The Morgan fingerprint density at radius 2 is 2.20 bits per heavy atom. The molecule has 0 aliphatic carbocycles. The van der Waals surface area contributed by atoms with Crippen LogP contribution in [0, 0.1) is 5.92 Å². The largest absolute Gasteiger partial charge is 0.481 e. The number of carboxylic acid groups (broad SMARTS) is 1. The molecule has 0 aromatic carbocycles. The van der Waals surface area contributed by atoms with Crippen LogP contribution >= 0.6 is 11.8 Å². The van der Waals surface area contributed by atoms with E-state index in [4.69, 9.17) is 5.11 Å². The summed E-state index contributed by atoms with van der Waals surface area (Å²) >= 11 is 1.66. The van der Waals surface area contributed by atoms with Gasteiger partial charge in [-0.1, -0.05) is 0 Å². The Bertz CT molecular complexity index is 254. The van der Waals surface area contributed by atoms with Crippen molar-refractivity contribution in [2.75, 3.05) is 11.6 Å². The molecule has 0 spiro atoms. The number of hydrogen-bond acceptors (Lipinski definition) is 4. The van der Waals surface area contributed by atoms with Gasteiger partial charge in [-0.3, -0.25) is 14.9 Å². The summed E-state index contributed by atoms with van der Waals surface area (Å²) in [5.74, 6) is -0.0406. The minimum atomic E-state index is -0.892. The first-order chi connectivity index (χ1) is 7.02. The number of carbonyl (C=O) groups is 2. The normalized spacial score (nSPS) is 24.5. The number of hydrogen-bond donors (Lipinski definition) is 3. The number of amides is 1. The first kappa shape index (κ1) is 12.3. The monoisotopic (exact) mass is 232 g/mol. The van der Waals surface area contributed by atoms with Crippen LogP contribution in [-0.2, 0) is 9.59 Å². The lowest BCUT2D eigenvalue weighted by molar-refractivity contribution is -0.142. The molecule has 1 aliphatic rings. The Balaban J connectivity index is 2.39. The van der Waals surface area contributed by atoms with Crippen LogP contribution in [-0.4, -0.2) is 40.7 Å². The lowest BCUT2D eigenvalue weighted by Crippen LogP contribution is -2.48. The third kappa shape index (κ3) is 3.39.